The molecule has 8 heteroatoms. The SMILES string of the molecule is CC(F)(C12CC(c3ccc(O)cc3)(C1)C2)[C@@](O)(Cn1cncn1)c1ccc(F)cc1F. The molecule has 0 saturated heterocycles. The summed E-state index contributed by atoms with van der Waals surface area (Å²) in [4.78, 5) is 3.83. The van der Waals surface area contributed by atoms with E-state index in [9.17, 15) is 19.0 Å². The van der Waals surface area contributed by atoms with Crippen molar-refractivity contribution in [2.45, 2.75) is 49.4 Å². The van der Waals surface area contributed by atoms with Crippen molar-refractivity contribution < 1.29 is 23.4 Å². The standard InChI is InChI=1S/C23H22F3N3O2/c1-20(26,22-9-21(10-22,11-22)15-2-5-17(30)6-3-15)23(31,12-29-14-27-13-28-29)18-7-4-16(24)8-19(18)25/h2-8,13-14,30-31H,9-12H2,1H3/t20?,21?,22?,23-/m1/s1. The minimum atomic E-state index is -2.29. The van der Waals surface area contributed by atoms with E-state index in [1.54, 1.807) is 12.1 Å². The van der Waals surface area contributed by atoms with Crippen molar-refractivity contribution in [3.05, 3.63) is 77.9 Å². The van der Waals surface area contributed by atoms with Gasteiger partial charge in [0.15, 0.2) is 0 Å². The van der Waals surface area contributed by atoms with Gasteiger partial charge in [-0.2, -0.15) is 5.10 Å². The third-order valence-electron chi connectivity index (χ3n) is 7.52. The zero-order chi connectivity index (χ0) is 22.1. The highest BCUT2D eigenvalue weighted by atomic mass is 19.1. The summed E-state index contributed by atoms with van der Waals surface area (Å²) < 4.78 is 46.3. The summed E-state index contributed by atoms with van der Waals surface area (Å²) >= 11 is 0. The summed E-state index contributed by atoms with van der Waals surface area (Å²) in [5.74, 6) is -1.65. The van der Waals surface area contributed by atoms with Gasteiger partial charge in [0.1, 0.15) is 41.3 Å². The first-order valence-electron chi connectivity index (χ1n) is 10.1. The van der Waals surface area contributed by atoms with Crippen LogP contribution in [0, 0.1) is 17.0 Å². The van der Waals surface area contributed by atoms with E-state index in [2.05, 4.69) is 10.1 Å². The number of hydrogen-bond acceptors (Lipinski definition) is 4. The molecule has 3 aromatic rings. The van der Waals surface area contributed by atoms with Crippen LogP contribution in [0.4, 0.5) is 13.2 Å². The van der Waals surface area contributed by atoms with E-state index in [1.165, 1.54) is 24.3 Å². The van der Waals surface area contributed by atoms with Gasteiger partial charge in [0, 0.05) is 17.0 Å². The second-order valence-corrected chi connectivity index (χ2v) is 9.22. The Bertz CT molecular complexity index is 1110. The molecule has 6 rings (SSSR count). The first-order valence-corrected chi connectivity index (χ1v) is 10.1. The van der Waals surface area contributed by atoms with Crippen LogP contribution in [0.5, 0.6) is 5.75 Å². The van der Waals surface area contributed by atoms with Crippen molar-refractivity contribution in [2.75, 3.05) is 0 Å². The number of benzene rings is 2. The van der Waals surface area contributed by atoms with Gasteiger partial charge in [-0.3, -0.25) is 0 Å². The van der Waals surface area contributed by atoms with Crippen LogP contribution in [0.1, 0.15) is 37.3 Å². The molecule has 3 aliphatic carbocycles. The summed E-state index contributed by atoms with van der Waals surface area (Å²) in [5, 5.41) is 25.2. The average Bonchev–Trinajstić information content (AvgIpc) is 3.13. The zero-order valence-corrected chi connectivity index (χ0v) is 16.9. The van der Waals surface area contributed by atoms with Crippen LogP contribution in [-0.2, 0) is 17.6 Å². The molecule has 0 radical (unpaired) electrons. The lowest BCUT2D eigenvalue weighted by Crippen LogP contribution is -2.76. The topological polar surface area (TPSA) is 71.2 Å². The van der Waals surface area contributed by atoms with E-state index in [0.29, 0.717) is 25.3 Å². The Morgan fingerprint density at radius 3 is 2.35 bits per heavy atom. The molecular weight excluding hydrogens is 407 g/mol. The number of nitrogens with zero attached hydrogens (tertiary/aromatic N) is 3. The van der Waals surface area contributed by atoms with E-state index in [0.717, 1.165) is 17.7 Å². The second-order valence-electron chi connectivity index (χ2n) is 9.22. The van der Waals surface area contributed by atoms with Crippen molar-refractivity contribution in [1.82, 2.24) is 14.8 Å². The van der Waals surface area contributed by atoms with Crippen LogP contribution in [0.25, 0.3) is 0 Å². The fourth-order valence-corrected chi connectivity index (χ4v) is 5.71. The van der Waals surface area contributed by atoms with Gasteiger partial charge < -0.3 is 10.2 Å². The van der Waals surface area contributed by atoms with Crippen LogP contribution >= 0.6 is 0 Å². The summed E-state index contributed by atoms with van der Waals surface area (Å²) in [6, 6.07) is 9.63. The van der Waals surface area contributed by atoms with Crippen molar-refractivity contribution in [3.63, 3.8) is 0 Å². The summed E-state index contributed by atoms with van der Waals surface area (Å²) in [6.45, 7) is 0.934. The van der Waals surface area contributed by atoms with E-state index in [4.69, 9.17) is 0 Å². The number of alkyl halides is 1. The number of hydrogen-bond donors (Lipinski definition) is 2. The van der Waals surface area contributed by atoms with Gasteiger partial charge in [-0.15, -0.1) is 0 Å². The molecule has 2 bridgehead atoms. The predicted molar refractivity (Wildman–Crippen MR) is 106 cm³/mol. The first kappa shape index (κ1) is 20.1. The van der Waals surface area contributed by atoms with E-state index < -0.39 is 28.3 Å². The average molecular weight is 429 g/mol. The number of aromatic nitrogens is 3. The first-order chi connectivity index (χ1) is 14.6. The summed E-state index contributed by atoms with van der Waals surface area (Å²) in [5.41, 5.74) is -4.89. The molecule has 2 N–H and O–H groups in total. The molecule has 162 valence electrons. The lowest BCUT2D eigenvalue weighted by atomic mass is 9.28. The van der Waals surface area contributed by atoms with Gasteiger partial charge in [0.2, 0.25) is 0 Å². The van der Waals surface area contributed by atoms with Crippen LogP contribution in [0.15, 0.2) is 55.1 Å². The molecule has 0 amide bonds. The molecule has 3 saturated carbocycles. The molecule has 1 heterocycles. The number of rotatable bonds is 6. The maximum absolute atomic E-state index is 16.7. The molecule has 1 aromatic heterocycles. The smallest absolute Gasteiger partial charge is 0.148 e. The Morgan fingerprint density at radius 2 is 1.77 bits per heavy atom. The molecule has 31 heavy (non-hydrogen) atoms. The van der Waals surface area contributed by atoms with Crippen molar-refractivity contribution in [2.24, 2.45) is 5.41 Å². The van der Waals surface area contributed by atoms with Crippen molar-refractivity contribution >= 4 is 0 Å². The molecule has 2 atom stereocenters. The lowest BCUT2D eigenvalue weighted by molar-refractivity contribution is -0.289. The number of aromatic hydroxyl groups is 1. The van der Waals surface area contributed by atoms with E-state index in [1.807, 2.05) is 12.1 Å². The third-order valence-corrected chi connectivity index (χ3v) is 7.52. The summed E-state index contributed by atoms with van der Waals surface area (Å²) in [7, 11) is 0. The number of aliphatic hydroxyl groups is 1. The largest absolute Gasteiger partial charge is 0.508 e. The quantitative estimate of drug-likeness (QED) is 0.622. The third kappa shape index (κ3) is 2.67. The zero-order valence-electron chi connectivity index (χ0n) is 16.9. The maximum Gasteiger partial charge on any atom is 0.148 e. The molecule has 5 nitrogen and oxygen atoms in total. The minimum absolute atomic E-state index is 0.161. The van der Waals surface area contributed by atoms with Crippen LogP contribution in [0.3, 0.4) is 0 Å². The Balaban J connectivity index is 1.52. The van der Waals surface area contributed by atoms with Gasteiger partial charge in [0.05, 0.1) is 6.54 Å². The molecule has 0 spiro atoms. The van der Waals surface area contributed by atoms with Gasteiger partial charge in [0.25, 0.3) is 0 Å². The van der Waals surface area contributed by atoms with Crippen LogP contribution in [0.2, 0.25) is 0 Å². The Kier molecular flexibility index (Phi) is 4.09. The predicted octanol–water partition coefficient (Wildman–Crippen LogP) is 4.00. The fourth-order valence-electron chi connectivity index (χ4n) is 5.71. The lowest BCUT2D eigenvalue weighted by Gasteiger charge is -2.76. The van der Waals surface area contributed by atoms with Gasteiger partial charge in [-0.25, -0.2) is 22.8 Å². The monoisotopic (exact) mass is 429 g/mol. The molecule has 3 fully saturated rings. The van der Waals surface area contributed by atoms with Gasteiger partial charge >= 0.3 is 0 Å². The van der Waals surface area contributed by atoms with Crippen molar-refractivity contribution in [3.8, 4) is 5.75 Å². The molecule has 1 unspecified atom stereocenters. The van der Waals surface area contributed by atoms with E-state index >= 15 is 4.39 Å². The van der Waals surface area contributed by atoms with E-state index in [-0.39, 0.29) is 23.3 Å². The Hall–Kier alpha value is -2.87. The highest BCUT2D eigenvalue weighted by Gasteiger charge is 2.79. The highest BCUT2D eigenvalue weighted by molar-refractivity contribution is 5.45. The van der Waals surface area contributed by atoms with Crippen LogP contribution in [-0.4, -0.2) is 30.6 Å². The van der Waals surface area contributed by atoms with Crippen molar-refractivity contribution in [1.29, 1.82) is 0 Å². The Labute approximate surface area is 177 Å². The minimum Gasteiger partial charge on any atom is -0.508 e. The fraction of sp³-hybridized carbons (Fsp3) is 0.391. The Morgan fingerprint density at radius 1 is 1.10 bits per heavy atom. The molecular formula is C23H22F3N3O2. The normalized spacial score (nSPS) is 28.2. The molecule has 3 aliphatic rings. The van der Waals surface area contributed by atoms with Gasteiger partial charge in [-0.05, 0) is 55.4 Å². The summed E-state index contributed by atoms with van der Waals surface area (Å²) in [6.07, 6.45) is 4.03. The second kappa shape index (κ2) is 6.32. The number of phenolic OH excluding ortho intramolecular Hbond substituents is 1. The maximum atomic E-state index is 16.7. The highest BCUT2D eigenvalue weighted by Crippen LogP contribution is 2.80. The number of halogens is 3. The van der Waals surface area contributed by atoms with Crippen LogP contribution < -0.4 is 0 Å². The molecule has 0 aliphatic heterocycles. The number of phenols is 1. The van der Waals surface area contributed by atoms with Gasteiger partial charge in [-0.1, -0.05) is 18.2 Å². The molecule has 2 aromatic carbocycles.